The van der Waals surface area contributed by atoms with E-state index in [1.54, 1.807) is 24.1 Å². The highest BCUT2D eigenvalue weighted by Gasteiger charge is 2.37. The number of amides is 1. The predicted octanol–water partition coefficient (Wildman–Crippen LogP) is 1.69. The van der Waals surface area contributed by atoms with Crippen molar-refractivity contribution in [3.05, 3.63) is 28.2 Å². The summed E-state index contributed by atoms with van der Waals surface area (Å²) in [5, 5.41) is 3.40. The largest absolute Gasteiger partial charge is 0.481 e. The van der Waals surface area contributed by atoms with Gasteiger partial charge in [0.15, 0.2) is 0 Å². The lowest BCUT2D eigenvalue weighted by atomic mass is 10.1. The second-order valence-corrected chi connectivity index (χ2v) is 7.50. The summed E-state index contributed by atoms with van der Waals surface area (Å²) < 4.78 is 22.8. The SMILES string of the molecule is CCO[C@H]1CN(C(=O)OC)CC1Nc1c(CC)nc(-c2ccc(OC)nc2OC)c(=O)n1C. The van der Waals surface area contributed by atoms with Crippen LogP contribution in [0.1, 0.15) is 19.5 Å². The molecule has 1 amide bonds. The molecule has 2 aromatic rings. The van der Waals surface area contributed by atoms with Gasteiger partial charge in [0.2, 0.25) is 11.8 Å². The molecule has 11 nitrogen and oxygen atoms in total. The van der Waals surface area contributed by atoms with E-state index in [2.05, 4.69) is 15.3 Å². The summed E-state index contributed by atoms with van der Waals surface area (Å²) in [5.41, 5.74) is 1.09. The number of rotatable bonds is 8. The molecule has 11 heteroatoms. The van der Waals surface area contributed by atoms with Crippen LogP contribution in [-0.4, -0.2) is 78.7 Å². The molecule has 0 saturated carbocycles. The number of carbonyl (C=O) groups is 1. The molecule has 0 aromatic carbocycles. The van der Waals surface area contributed by atoms with Gasteiger partial charge >= 0.3 is 6.09 Å². The number of aryl methyl sites for hydroxylation is 1. The maximum Gasteiger partial charge on any atom is 0.409 e. The lowest BCUT2D eigenvalue weighted by Crippen LogP contribution is -2.37. The van der Waals surface area contributed by atoms with Gasteiger partial charge in [0.05, 0.1) is 51.3 Å². The van der Waals surface area contributed by atoms with E-state index in [1.165, 1.54) is 25.9 Å². The molecule has 1 saturated heterocycles. The third-order valence-corrected chi connectivity index (χ3v) is 5.59. The standard InChI is InChI=1S/C22H31N5O6/c1-7-14-19(24-15-11-27(22(29)32-6)12-16(15)33-8-2)26(3)21(28)18(23-14)13-9-10-17(30-4)25-20(13)31-5/h9-10,15-16,24H,7-8,11-12H2,1-6H3/t15?,16-/m0/s1. The fraction of sp³-hybridized carbons (Fsp3) is 0.545. The molecule has 2 aromatic heterocycles. The highest BCUT2D eigenvalue weighted by molar-refractivity contribution is 5.68. The number of anilines is 1. The van der Waals surface area contributed by atoms with Crippen LogP contribution >= 0.6 is 0 Å². The summed E-state index contributed by atoms with van der Waals surface area (Å²) >= 11 is 0. The van der Waals surface area contributed by atoms with Crippen LogP contribution in [-0.2, 0) is 22.9 Å². The molecule has 1 unspecified atom stereocenters. The number of hydrogen-bond acceptors (Lipinski definition) is 9. The Morgan fingerprint density at radius 3 is 2.52 bits per heavy atom. The first-order valence-electron chi connectivity index (χ1n) is 10.8. The molecule has 1 aliphatic heterocycles. The van der Waals surface area contributed by atoms with Crippen LogP contribution in [0.5, 0.6) is 11.8 Å². The number of pyridine rings is 1. The van der Waals surface area contributed by atoms with Crippen LogP contribution < -0.4 is 20.3 Å². The molecular weight excluding hydrogens is 430 g/mol. The normalized spacial score (nSPS) is 17.7. The Balaban J connectivity index is 2.01. The van der Waals surface area contributed by atoms with Crippen LogP contribution in [0.4, 0.5) is 10.6 Å². The zero-order valence-corrected chi connectivity index (χ0v) is 19.9. The van der Waals surface area contributed by atoms with E-state index in [9.17, 15) is 9.59 Å². The van der Waals surface area contributed by atoms with Gasteiger partial charge in [-0.1, -0.05) is 6.92 Å². The minimum atomic E-state index is -0.416. The van der Waals surface area contributed by atoms with Crippen molar-refractivity contribution in [2.24, 2.45) is 7.05 Å². The van der Waals surface area contributed by atoms with Crippen molar-refractivity contribution in [2.75, 3.05) is 46.3 Å². The number of likely N-dealkylation sites (tertiary alicyclic amines) is 1. The lowest BCUT2D eigenvalue weighted by Gasteiger charge is -2.24. The fourth-order valence-corrected chi connectivity index (χ4v) is 3.91. The molecule has 3 heterocycles. The summed E-state index contributed by atoms with van der Waals surface area (Å²) in [6.45, 7) is 5.14. The number of ether oxygens (including phenoxy) is 4. The van der Waals surface area contributed by atoms with E-state index in [1.807, 2.05) is 13.8 Å². The van der Waals surface area contributed by atoms with Crippen molar-refractivity contribution >= 4 is 11.9 Å². The molecule has 0 aliphatic carbocycles. The Morgan fingerprint density at radius 1 is 1.15 bits per heavy atom. The lowest BCUT2D eigenvalue weighted by molar-refractivity contribution is 0.0613. The Labute approximate surface area is 192 Å². The van der Waals surface area contributed by atoms with E-state index in [4.69, 9.17) is 18.9 Å². The van der Waals surface area contributed by atoms with E-state index < -0.39 is 6.09 Å². The maximum atomic E-state index is 13.3. The van der Waals surface area contributed by atoms with Gasteiger partial charge < -0.3 is 29.2 Å². The van der Waals surface area contributed by atoms with Gasteiger partial charge in [-0.2, -0.15) is 4.98 Å². The van der Waals surface area contributed by atoms with Crippen LogP contribution in [0.15, 0.2) is 16.9 Å². The Bertz CT molecular complexity index is 1060. The number of methoxy groups -OCH3 is 3. The van der Waals surface area contributed by atoms with Crippen LogP contribution in [0.25, 0.3) is 11.3 Å². The smallest absolute Gasteiger partial charge is 0.409 e. The predicted molar refractivity (Wildman–Crippen MR) is 122 cm³/mol. The van der Waals surface area contributed by atoms with Gasteiger partial charge in [0.25, 0.3) is 5.56 Å². The number of nitrogens with zero attached hydrogens (tertiary/aromatic N) is 4. The highest BCUT2D eigenvalue weighted by atomic mass is 16.5. The van der Waals surface area contributed by atoms with E-state index in [0.29, 0.717) is 49.1 Å². The second kappa shape index (κ2) is 10.5. The van der Waals surface area contributed by atoms with Gasteiger partial charge in [-0.3, -0.25) is 9.36 Å². The number of nitrogens with one attached hydrogen (secondary N) is 1. The van der Waals surface area contributed by atoms with E-state index >= 15 is 0 Å². The number of carbonyl (C=O) groups excluding carboxylic acids is 1. The fourth-order valence-electron chi connectivity index (χ4n) is 3.91. The molecule has 2 atom stereocenters. The maximum absolute atomic E-state index is 13.3. The minimum absolute atomic E-state index is 0.232. The molecule has 0 radical (unpaired) electrons. The molecule has 1 aliphatic rings. The molecule has 1 fully saturated rings. The molecule has 180 valence electrons. The summed E-state index contributed by atoms with van der Waals surface area (Å²) in [6.07, 6.45) is -0.0945. The van der Waals surface area contributed by atoms with Gasteiger partial charge in [0.1, 0.15) is 11.5 Å². The monoisotopic (exact) mass is 461 g/mol. The summed E-state index contributed by atoms with van der Waals surface area (Å²) in [7, 11) is 6.02. The molecule has 33 heavy (non-hydrogen) atoms. The first-order chi connectivity index (χ1) is 15.9. The minimum Gasteiger partial charge on any atom is -0.481 e. The highest BCUT2D eigenvalue weighted by Crippen LogP contribution is 2.29. The Kier molecular flexibility index (Phi) is 7.75. The van der Waals surface area contributed by atoms with Crippen molar-refractivity contribution in [3.63, 3.8) is 0 Å². The zero-order valence-electron chi connectivity index (χ0n) is 19.9. The summed E-state index contributed by atoms with van der Waals surface area (Å²) in [6, 6.07) is 3.13. The first kappa shape index (κ1) is 24.3. The van der Waals surface area contributed by atoms with Crippen LogP contribution in [0.2, 0.25) is 0 Å². The third-order valence-electron chi connectivity index (χ3n) is 5.59. The van der Waals surface area contributed by atoms with Gasteiger partial charge in [-0.15, -0.1) is 0 Å². The summed E-state index contributed by atoms with van der Waals surface area (Å²) in [4.78, 5) is 35.9. The Morgan fingerprint density at radius 2 is 1.91 bits per heavy atom. The van der Waals surface area contributed by atoms with E-state index in [0.717, 1.165) is 0 Å². The van der Waals surface area contributed by atoms with Gasteiger partial charge in [-0.25, -0.2) is 9.78 Å². The molecule has 0 bridgehead atoms. The average molecular weight is 462 g/mol. The zero-order chi connectivity index (χ0) is 24.1. The first-order valence-corrected chi connectivity index (χ1v) is 10.8. The molecular formula is C22H31N5O6. The number of aromatic nitrogens is 3. The average Bonchev–Trinajstić information content (AvgIpc) is 3.24. The third kappa shape index (κ3) is 4.87. The molecule has 0 spiro atoms. The molecule has 3 rings (SSSR count). The van der Waals surface area contributed by atoms with Gasteiger partial charge in [-0.05, 0) is 19.4 Å². The van der Waals surface area contributed by atoms with Crippen molar-refractivity contribution < 1.29 is 23.7 Å². The quantitative estimate of drug-likeness (QED) is 0.627. The second-order valence-electron chi connectivity index (χ2n) is 7.50. The topological polar surface area (TPSA) is 117 Å². The van der Waals surface area contributed by atoms with Crippen molar-refractivity contribution in [2.45, 2.75) is 32.4 Å². The number of hydrogen-bond donors (Lipinski definition) is 1. The van der Waals surface area contributed by atoms with Crippen LogP contribution in [0, 0.1) is 0 Å². The Hall–Kier alpha value is -3.34. The molecule has 1 N–H and O–H groups in total. The van der Waals surface area contributed by atoms with Crippen molar-refractivity contribution in [3.8, 4) is 23.0 Å². The van der Waals surface area contributed by atoms with Crippen molar-refractivity contribution in [1.29, 1.82) is 0 Å². The van der Waals surface area contributed by atoms with Gasteiger partial charge in [0, 0.05) is 26.3 Å². The van der Waals surface area contributed by atoms with Crippen LogP contribution in [0.3, 0.4) is 0 Å². The van der Waals surface area contributed by atoms with Crippen molar-refractivity contribution in [1.82, 2.24) is 19.4 Å². The summed E-state index contributed by atoms with van der Waals surface area (Å²) in [5.74, 6) is 1.20. The van der Waals surface area contributed by atoms with E-state index in [-0.39, 0.29) is 29.3 Å².